The third kappa shape index (κ3) is 1.17. The van der Waals surface area contributed by atoms with E-state index in [4.69, 9.17) is 0 Å². The molecule has 2 rings (SSSR count). The van der Waals surface area contributed by atoms with Crippen LogP contribution in [0, 0.1) is 0 Å². The first-order valence-corrected chi connectivity index (χ1v) is 4.51. The molecule has 0 saturated heterocycles. The van der Waals surface area contributed by atoms with Crippen molar-refractivity contribution in [3.63, 3.8) is 0 Å². The third-order valence-electron chi connectivity index (χ3n) is 2.25. The molecule has 0 aromatic carbocycles. The normalized spacial score (nSPS) is 10.7. The van der Waals surface area contributed by atoms with E-state index in [9.17, 15) is 4.79 Å². The number of aromatic amines is 1. The van der Waals surface area contributed by atoms with Crippen LogP contribution >= 0.6 is 0 Å². The number of hydrogen-bond donors (Lipinski definition) is 1. The van der Waals surface area contributed by atoms with E-state index in [-0.39, 0.29) is 5.69 Å². The fraction of sp³-hybridized carbons (Fsp3) is 0.333. The first kappa shape index (κ1) is 8.80. The van der Waals surface area contributed by atoms with Gasteiger partial charge < -0.3 is 4.57 Å². The molecule has 74 valence electrons. The number of nitrogens with zero attached hydrogens (tertiary/aromatic N) is 3. The molecular formula is C9H12N4O. The molecule has 2 aromatic heterocycles. The quantitative estimate of drug-likeness (QED) is 0.757. The van der Waals surface area contributed by atoms with Crippen molar-refractivity contribution >= 4 is 0 Å². The third-order valence-corrected chi connectivity index (χ3v) is 2.25. The average molecular weight is 192 g/mol. The highest BCUT2D eigenvalue weighted by molar-refractivity contribution is 5.50. The van der Waals surface area contributed by atoms with Gasteiger partial charge in [0.25, 0.3) is 0 Å². The molecule has 2 aromatic rings. The summed E-state index contributed by atoms with van der Waals surface area (Å²) in [5, 5.41) is 6.44. The van der Waals surface area contributed by atoms with Crippen molar-refractivity contribution in [3.8, 4) is 11.5 Å². The van der Waals surface area contributed by atoms with Crippen molar-refractivity contribution < 1.29 is 0 Å². The minimum Gasteiger partial charge on any atom is -0.348 e. The standard InChI is InChI=1S/C9H12N4O/c1-3-13-8(10-11-9(13)14)7-5-4-6-12(7)2/h4-6H,3H2,1-2H3,(H,11,14). The molecule has 2 heterocycles. The largest absolute Gasteiger partial charge is 0.348 e. The highest BCUT2D eigenvalue weighted by atomic mass is 16.1. The van der Waals surface area contributed by atoms with Gasteiger partial charge >= 0.3 is 5.69 Å². The minimum atomic E-state index is -0.163. The summed E-state index contributed by atoms with van der Waals surface area (Å²) in [7, 11) is 1.93. The number of H-pyrrole nitrogens is 1. The maximum absolute atomic E-state index is 11.3. The Balaban J connectivity index is 2.63. The lowest BCUT2D eigenvalue weighted by molar-refractivity contribution is 0.729. The highest BCUT2D eigenvalue weighted by Gasteiger charge is 2.10. The predicted octanol–water partition coefficient (Wildman–Crippen LogP) is 0.597. The Kier molecular flexibility index (Phi) is 1.99. The van der Waals surface area contributed by atoms with Gasteiger partial charge in [-0.1, -0.05) is 0 Å². The van der Waals surface area contributed by atoms with Gasteiger partial charge in [0.15, 0.2) is 5.82 Å². The van der Waals surface area contributed by atoms with E-state index in [1.165, 1.54) is 0 Å². The molecule has 5 heteroatoms. The molecule has 0 amide bonds. The topological polar surface area (TPSA) is 55.6 Å². The van der Waals surface area contributed by atoms with Crippen LogP contribution in [0.25, 0.3) is 11.5 Å². The molecule has 0 aliphatic carbocycles. The van der Waals surface area contributed by atoms with Gasteiger partial charge in [0.05, 0.1) is 5.69 Å². The zero-order chi connectivity index (χ0) is 10.1. The maximum Gasteiger partial charge on any atom is 0.343 e. The molecule has 0 spiro atoms. The monoisotopic (exact) mass is 192 g/mol. The number of nitrogens with one attached hydrogen (secondary N) is 1. The summed E-state index contributed by atoms with van der Waals surface area (Å²) in [6.07, 6.45) is 1.93. The summed E-state index contributed by atoms with van der Waals surface area (Å²) in [6, 6.07) is 3.86. The van der Waals surface area contributed by atoms with Crippen LogP contribution in [0.15, 0.2) is 23.1 Å². The van der Waals surface area contributed by atoms with E-state index < -0.39 is 0 Å². The van der Waals surface area contributed by atoms with Gasteiger partial charge in [0.2, 0.25) is 0 Å². The Labute approximate surface area is 81.0 Å². The minimum absolute atomic E-state index is 0.163. The molecule has 14 heavy (non-hydrogen) atoms. The highest BCUT2D eigenvalue weighted by Crippen LogP contribution is 2.14. The fourth-order valence-corrected chi connectivity index (χ4v) is 1.50. The van der Waals surface area contributed by atoms with Gasteiger partial charge in [0, 0.05) is 19.8 Å². The molecule has 0 aliphatic heterocycles. The fourth-order valence-electron chi connectivity index (χ4n) is 1.50. The van der Waals surface area contributed by atoms with Crippen molar-refractivity contribution in [1.82, 2.24) is 19.3 Å². The summed E-state index contributed by atoms with van der Waals surface area (Å²) in [5.41, 5.74) is 0.772. The molecule has 0 radical (unpaired) electrons. The molecule has 0 unspecified atom stereocenters. The lowest BCUT2D eigenvalue weighted by Gasteiger charge is -2.02. The van der Waals surface area contributed by atoms with E-state index in [2.05, 4.69) is 10.2 Å². The van der Waals surface area contributed by atoms with Gasteiger partial charge in [-0.15, -0.1) is 0 Å². The Morgan fingerprint density at radius 1 is 1.57 bits per heavy atom. The van der Waals surface area contributed by atoms with Crippen molar-refractivity contribution in [1.29, 1.82) is 0 Å². The summed E-state index contributed by atoms with van der Waals surface area (Å²) >= 11 is 0. The first-order valence-electron chi connectivity index (χ1n) is 4.51. The Hall–Kier alpha value is -1.78. The van der Waals surface area contributed by atoms with Crippen LogP contribution < -0.4 is 5.69 Å². The smallest absolute Gasteiger partial charge is 0.343 e. The molecule has 0 bridgehead atoms. The summed E-state index contributed by atoms with van der Waals surface area (Å²) in [6.45, 7) is 2.54. The molecule has 0 atom stereocenters. The summed E-state index contributed by atoms with van der Waals surface area (Å²) in [4.78, 5) is 11.3. The van der Waals surface area contributed by atoms with E-state index >= 15 is 0 Å². The maximum atomic E-state index is 11.3. The lowest BCUT2D eigenvalue weighted by Crippen LogP contribution is -2.16. The van der Waals surface area contributed by atoms with Crippen LogP contribution in [0.5, 0.6) is 0 Å². The van der Waals surface area contributed by atoms with E-state index in [1.807, 2.05) is 36.9 Å². The SMILES string of the molecule is CCn1c(-c2cccn2C)n[nH]c1=O. The van der Waals surface area contributed by atoms with Crippen molar-refractivity contribution in [2.45, 2.75) is 13.5 Å². The van der Waals surface area contributed by atoms with Gasteiger partial charge in [-0.05, 0) is 19.1 Å². The number of aromatic nitrogens is 4. The Morgan fingerprint density at radius 3 is 2.93 bits per heavy atom. The number of hydrogen-bond acceptors (Lipinski definition) is 2. The van der Waals surface area contributed by atoms with Crippen LogP contribution in [0.2, 0.25) is 0 Å². The molecule has 0 saturated carbocycles. The zero-order valence-corrected chi connectivity index (χ0v) is 8.19. The molecule has 0 fully saturated rings. The first-order chi connectivity index (χ1) is 6.74. The van der Waals surface area contributed by atoms with Crippen LogP contribution in [-0.4, -0.2) is 19.3 Å². The van der Waals surface area contributed by atoms with E-state index in [0.717, 1.165) is 5.69 Å². The second-order valence-corrected chi connectivity index (χ2v) is 3.10. The molecule has 5 nitrogen and oxygen atoms in total. The van der Waals surface area contributed by atoms with Gasteiger partial charge in [-0.2, -0.15) is 5.10 Å². The van der Waals surface area contributed by atoms with Crippen LogP contribution in [-0.2, 0) is 13.6 Å². The Bertz CT molecular complexity index is 491. The van der Waals surface area contributed by atoms with Crippen molar-refractivity contribution in [2.24, 2.45) is 7.05 Å². The predicted molar refractivity (Wildman–Crippen MR) is 52.9 cm³/mol. The van der Waals surface area contributed by atoms with Crippen LogP contribution in [0.3, 0.4) is 0 Å². The Morgan fingerprint density at radius 2 is 2.36 bits per heavy atom. The molecule has 1 N–H and O–H groups in total. The van der Waals surface area contributed by atoms with Crippen LogP contribution in [0.4, 0.5) is 0 Å². The van der Waals surface area contributed by atoms with Gasteiger partial charge in [-0.3, -0.25) is 4.57 Å². The number of aryl methyl sites for hydroxylation is 1. The summed E-state index contributed by atoms with van der Waals surface area (Å²) < 4.78 is 3.54. The zero-order valence-electron chi connectivity index (χ0n) is 8.19. The van der Waals surface area contributed by atoms with E-state index in [0.29, 0.717) is 12.4 Å². The lowest BCUT2D eigenvalue weighted by atomic mass is 10.4. The van der Waals surface area contributed by atoms with Gasteiger partial charge in [-0.25, -0.2) is 9.89 Å². The van der Waals surface area contributed by atoms with Crippen molar-refractivity contribution in [3.05, 3.63) is 28.8 Å². The van der Waals surface area contributed by atoms with Crippen LogP contribution in [0.1, 0.15) is 6.92 Å². The van der Waals surface area contributed by atoms with Crippen molar-refractivity contribution in [2.75, 3.05) is 0 Å². The summed E-state index contributed by atoms with van der Waals surface area (Å²) in [5.74, 6) is 0.685. The molecule has 0 aliphatic rings. The average Bonchev–Trinajstić information content (AvgIpc) is 2.71. The van der Waals surface area contributed by atoms with Gasteiger partial charge in [0.1, 0.15) is 0 Å². The second-order valence-electron chi connectivity index (χ2n) is 3.10. The molecular weight excluding hydrogens is 180 g/mol. The second kappa shape index (κ2) is 3.17. The van der Waals surface area contributed by atoms with E-state index in [1.54, 1.807) is 4.57 Å². The number of rotatable bonds is 2.